The zero-order chi connectivity index (χ0) is 21.6. The fraction of sp³-hybridized carbons (Fsp3) is 0.364. The summed E-state index contributed by atoms with van der Waals surface area (Å²) in [5, 5.41) is 11.3. The third-order valence-electron chi connectivity index (χ3n) is 5.06. The van der Waals surface area contributed by atoms with Gasteiger partial charge in [0.2, 0.25) is 5.91 Å². The van der Waals surface area contributed by atoms with E-state index in [1.165, 1.54) is 18.7 Å². The van der Waals surface area contributed by atoms with Crippen LogP contribution < -0.4 is 4.74 Å². The van der Waals surface area contributed by atoms with E-state index in [2.05, 4.69) is 0 Å². The Balaban J connectivity index is 1.64. The Bertz CT molecular complexity index is 852. The molecule has 0 bridgehead atoms. The quantitative estimate of drug-likeness (QED) is 0.421. The number of hydrogen-bond donors (Lipinski definition) is 1. The Morgan fingerprint density at radius 1 is 1.10 bits per heavy atom. The van der Waals surface area contributed by atoms with E-state index in [4.69, 9.17) is 9.47 Å². The summed E-state index contributed by atoms with van der Waals surface area (Å²) < 4.78 is 10.6. The molecule has 7 nitrogen and oxygen atoms in total. The predicted molar refractivity (Wildman–Crippen MR) is 113 cm³/mol. The molecule has 1 aliphatic rings. The lowest BCUT2D eigenvalue weighted by Crippen LogP contribution is -2.54. The fourth-order valence-corrected chi connectivity index (χ4v) is 4.67. The summed E-state index contributed by atoms with van der Waals surface area (Å²) in [5.41, 5.74) is 0.922. The molecule has 1 heterocycles. The number of rotatable bonds is 6. The number of thioether (sulfide) groups is 1. The van der Waals surface area contributed by atoms with Gasteiger partial charge in [-0.15, -0.1) is 0 Å². The molecule has 0 aliphatic carbocycles. The van der Waals surface area contributed by atoms with Crippen LogP contribution in [0.3, 0.4) is 0 Å². The molecular weight excluding hydrogens is 404 g/mol. The van der Waals surface area contributed by atoms with Crippen LogP contribution >= 0.6 is 11.8 Å². The van der Waals surface area contributed by atoms with Crippen LogP contribution in [0.1, 0.15) is 25.3 Å². The normalized spacial score (nSPS) is 15.4. The fourth-order valence-electron chi connectivity index (χ4n) is 3.36. The highest BCUT2D eigenvalue weighted by molar-refractivity contribution is 8.00. The predicted octanol–water partition coefficient (Wildman–Crippen LogP) is 4.15. The first kappa shape index (κ1) is 22.0. The highest BCUT2D eigenvalue weighted by Crippen LogP contribution is 2.43. The maximum absolute atomic E-state index is 12.5. The molecule has 1 aliphatic heterocycles. The first-order chi connectivity index (χ1) is 14.4. The van der Waals surface area contributed by atoms with E-state index in [0.717, 1.165) is 21.3 Å². The molecule has 0 atom stereocenters. The van der Waals surface area contributed by atoms with Crippen LogP contribution in [-0.4, -0.2) is 52.2 Å². The van der Waals surface area contributed by atoms with Gasteiger partial charge in [-0.2, -0.15) is 0 Å². The second-order valence-corrected chi connectivity index (χ2v) is 8.52. The lowest BCUT2D eigenvalue weighted by molar-refractivity contribution is -0.182. The third-order valence-corrected chi connectivity index (χ3v) is 6.53. The number of carbonyl (C=O) groups excluding carboxylic acids is 2. The van der Waals surface area contributed by atoms with Crippen molar-refractivity contribution in [3.8, 4) is 5.75 Å². The number of benzene rings is 2. The van der Waals surface area contributed by atoms with Gasteiger partial charge in [-0.3, -0.25) is 10.0 Å². The number of hydrogen-bond acceptors (Lipinski definition) is 6. The van der Waals surface area contributed by atoms with Gasteiger partial charge >= 0.3 is 6.09 Å². The maximum atomic E-state index is 12.5. The molecule has 8 heteroatoms. The van der Waals surface area contributed by atoms with Crippen molar-refractivity contribution in [2.75, 3.05) is 20.2 Å². The summed E-state index contributed by atoms with van der Waals surface area (Å²) in [6.45, 7) is 2.29. The minimum absolute atomic E-state index is 0.210. The Hall–Kier alpha value is -2.71. The Morgan fingerprint density at radius 2 is 1.73 bits per heavy atom. The van der Waals surface area contributed by atoms with Gasteiger partial charge in [0.15, 0.2) is 0 Å². The van der Waals surface area contributed by atoms with Crippen molar-refractivity contribution in [1.29, 1.82) is 0 Å². The lowest BCUT2D eigenvalue weighted by atomic mass is 10.0. The van der Waals surface area contributed by atoms with Crippen LogP contribution in [0, 0.1) is 0 Å². The van der Waals surface area contributed by atoms with Crippen molar-refractivity contribution in [1.82, 2.24) is 9.96 Å². The molecule has 160 valence electrons. The number of likely N-dealkylation sites (tertiary alicyclic amines) is 1. The van der Waals surface area contributed by atoms with Crippen molar-refractivity contribution in [2.24, 2.45) is 0 Å². The number of methoxy groups -OCH3 is 1. The molecule has 1 saturated heterocycles. The van der Waals surface area contributed by atoms with Crippen molar-refractivity contribution in [3.63, 3.8) is 0 Å². The van der Waals surface area contributed by atoms with Gasteiger partial charge in [0.25, 0.3) is 0 Å². The SMILES string of the molecule is COc1ccc(SC2(N(O)C(C)=O)CCN(C(=O)OCc3ccccc3)CC2)cc1. The van der Waals surface area contributed by atoms with Crippen molar-refractivity contribution in [3.05, 3.63) is 60.2 Å². The summed E-state index contributed by atoms with van der Waals surface area (Å²) in [6, 6.07) is 16.9. The first-order valence-corrected chi connectivity index (χ1v) is 10.5. The maximum Gasteiger partial charge on any atom is 0.410 e. The highest BCUT2D eigenvalue weighted by atomic mass is 32.2. The molecule has 0 aromatic heterocycles. The molecule has 1 fully saturated rings. The molecule has 0 radical (unpaired) electrons. The molecule has 2 amide bonds. The molecule has 30 heavy (non-hydrogen) atoms. The third kappa shape index (κ3) is 5.25. The molecule has 0 saturated carbocycles. The van der Waals surface area contributed by atoms with Crippen LogP contribution in [0.15, 0.2) is 59.5 Å². The topological polar surface area (TPSA) is 79.3 Å². The number of amides is 2. The summed E-state index contributed by atoms with van der Waals surface area (Å²) >= 11 is 1.41. The lowest BCUT2D eigenvalue weighted by Gasteiger charge is -2.44. The van der Waals surface area contributed by atoms with Crippen LogP contribution in [0.2, 0.25) is 0 Å². The summed E-state index contributed by atoms with van der Waals surface area (Å²) in [4.78, 5) is 26.1. The Kier molecular flexibility index (Phi) is 7.23. The first-order valence-electron chi connectivity index (χ1n) is 9.72. The second kappa shape index (κ2) is 9.86. The van der Waals surface area contributed by atoms with Crippen LogP contribution in [0.4, 0.5) is 4.79 Å². The smallest absolute Gasteiger partial charge is 0.410 e. The molecule has 3 rings (SSSR count). The minimum Gasteiger partial charge on any atom is -0.497 e. The van der Waals surface area contributed by atoms with E-state index in [1.54, 1.807) is 12.0 Å². The van der Waals surface area contributed by atoms with Crippen LogP contribution in [0.25, 0.3) is 0 Å². The largest absolute Gasteiger partial charge is 0.497 e. The van der Waals surface area contributed by atoms with Crippen LogP contribution in [-0.2, 0) is 16.1 Å². The van der Waals surface area contributed by atoms with E-state index >= 15 is 0 Å². The number of ether oxygens (including phenoxy) is 2. The molecule has 1 N–H and O–H groups in total. The molecule has 0 spiro atoms. The highest BCUT2D eigenvalue weighted by Gasteiger charge is 2.43. The average molecular weight is 431 g/mol. The van der Waals surface area contributed by atoms with E-state index < -0.39 is 16.9 Å². The van der Waals surface area contributed by atoms with Gasteiger partial charge in [-0.05, 0) is 29.8 Å². The van der Waals surface area contributed by atoms with Crippen molar-refractivity contribution < 1.29 is 24.3 Å². The molecule has 2 aromatic rings. The monoisotopic (exact) mass is 430 g/mol. The van der Waals surface area contributed by atoms with Crippen molar-refractivity contribution >= 4 is 23.8 Å². The van der Waals surface area contributed by atoms with Gasteiger partial charge in [-0.1, -0.05) is 42.1 Å². The Morgan fingerprint density at radius 3 is 2.30 bits per heavy atom. The number of hydroxylamine groups is 2. The zero-order valence-corrected chi connectivity index (χ0v) is 17.9. The molecule has 0 unspecified atom stereocenters. The van der Waals surface area contributed by atoms with Crippen molar-refractivity contribution in [2.45, 2.75) is 36.1 Å². The number of carbonyl (C=O) groups is 2. The Labute approximate surface area is 180 Å². The van der Waals surface area contributed by atoms with Gasteiger partial charge < -0.3 is 14.4 Å². The zero-order valence-electron chi connectivity index (χ0n) is 17.1. The average Bonchev–Trinajstić information content (AvgIpc) is 2.78. The number of nitrogens with zero attached hydrogens (tertiary/aromatic N) is 2. The van der Waals surface area contributed by atoms with Gasteiger partial charge in [0.05, 0.1) is 7.11 Å². The van der Waals surface area contributed by atoms with E-state index in [0.29, 0.717) is 25.9 Å². The van der Waals surface area contributed by atoms with E-state index in [-0.39, 0.29) is 6.61 Å². The van der Waals surface area contributed by atoms with Gasteiger partial charge in [0, 0.05) is 37.8 Å². The molecule has 2 aromatic carbocycles. The van der Waals surface area contributed by atoms with E-state index in [9.17, 15) is 14.8 Å². The summed E-state index contributed by atoms with van der Waals surface area (Å²) in [5.74, 6) is 0.299. The second-order valence-electron chi connectivity index (χ2n) is 7.08. The van der Waals surface area contributed by atoms with E-state index in [1.807, 2.05) is 54.6 Å². The molecular formula is C22H26N2O5S. The summed E-state index contributed by atoms with van der Waals surface area (Å²) in [6.07, 6.45) is 0.440. The van der Waals surface area contributed by atoms with Gasteiger partial charge in [-0.25, -0.2) is 9.86 Å². The standard InChI is InChI=1S/C22H26N2O5S/c1-17(25)24(27)22(30-20-10-8-19(28-2)9-11-20)12-14-23(15-13-22)21(26)29-16-18-6-4-3-5-7-18/h3-11,27H,12-16H2,1-2H3. The van der Waals surface area contributed by atoms with Gasteiger partial charge in [0.1, 0.15) is 17.2 Å². The van der Waals surface area contributed by atoms with Crippen LogP contribution in [0.5, 0.6) is 5.75 Å². The minimum atomic E-state index is -0.851. The number of piperidine rings is 1. The summed E-state index contributed by atoms with van der Waals surface area (Å²) in [7, 11) is 1.60.